The number of methoxy groups -OCH3 is 1. The van der Waals surface area contributed by atoms with Crippen molar-refractivity contribution in [2.45, 2.75) is 45.3 Å². The summed E-state index contributed by atoms with van der Waals surface area (Å²) in [5, 5.41) is 0. The Bertz CT molecular complexity index is 556. The van der Waals surface area contributed by atoms with Gasteiger partial charge >= 0.3 is 7.12 Å². The van der Waals surface area contributed by atoms with Crippen LogP contribution in [0.4, 0.5) is 0 Å². The summed E-state index contributed by atoms with van der Waals surface area (Å²) in [5.74, 6) is 2.26. The van der Waals surface area contributed by atoms with Crippen LogP contribution in [0.5, 0.6) is 5.75 Å². The Labute approximate surface area is 127 Å². The summed E-state index contributed by atoms with van der Waals surface area (Å²) in [5.41, 5.74) is 1.34. The first-order valence-electron chi connectivity index (χ1n) is 7.92. The molecule has 4 heteroatoms. The zero-order valence-electron chi connectivity index (χ0n) is 13.3. The lowest BCUT2D eigenvalue weighted by molar-refractivity contribution is -0.199. The number of hydrogen-bond donors (Lipinski definition) is 0. The Hall–Kier alpha value is -0.995. The Morgan fingerprint density at radius 1 is 1.14 bits per heavy atom. The fourth-order valence-electron chi connectivity index (χ4n) is 4.77. The molecule has 1 aliphatic heterocycles. The van der Waals surface area contributed by atoms with Gasteiger partial charge in [0.2, 0.25) is 0 Å². The Balaban J connectivity index is 1.59. The van der Waals surface area contributed by atoms with Crippen molar-refractivity contribution in [3.63, 3.8) is 0 Å². The molecule has 0 N–H and O–H groups in total. The maximum atomic E-state index is 6.44. The zero-order chi connectivity index (χ0) is 14.8. The van der Waals surface area contributed by atoms with E-state index in [1.54, 1.807) is 7.11 Å². The van der Waals surface area contributed by atoms with Gasteiger partial charge in [-0.05, 0) is 54.6 Å². The van der Waals surface area contributed by atoms with Crippen molar-refractivity contribution < 1.29 is 14.0 Å². The molecule has 4 aliphatic rings. The number of hydrogen-bond acceptors (Lipinski definition) is 3. The van der Waals surface area contributed by atoms with Gasteiger partial charge in [0.1, 0.15) is 5.75 Å². The van der Waals surface area contributed by atoms with Crippen molar-refractivity contribution in [1.82, 2.24) is 0 Å². The lowest BCUT2D eigenvalue weighted by Crippen LogP contribution is -2.65. The normalized spacial score (nSPS) is 39.6. The topological polar surface area (TPSA) is 27.7 Å². The fourth-order valence-corrected chi connectivity index (χ4v) is 4.77. The first-order valence-corrected chi connectivity index (χ1v) is 7.92. The van der Waals surface area contributed by atoms with Gasteiger partial charge in [-0.3, -0.25) is 0 Å². The lowest BCUT2D eigenvalue weighted by Gasteiger charge is -2.64. The van der Waals surface area contributed by atoms with E-state index in [0.29, 0.717) is 11.3 Å². The molecule has 2 bridgehead atoms. The van der Waals surface area contributed by atoms with Crippen LogP contribution in [0.25, 0.3) is 0 Å². The van der Waals surface area contributed by atoms with Gasteiger partial charge in [-0.1, -0.05) is 26.0 Å². The molecule has 3 aliphatic carbocycles. The monoisotopic (exact) mass is 286 g/mol. The third kappa shape index (κ3) is 1.75. The lowest BCUT2D eigenvalue weighted by atomic mass is 9.43. The predicted octanol–water partition coefficient (Wildman–Crippen LogP) is 2.63. The molecule has 5 rings (SSSR count). The molecule has 1 saturated heterocycles. The number of benzene rings is 1. The SMILES string of the molecule is COc1ccc(B2O[C@@H]3C[C@@H]4C[C@@H](C4(C)C)[C@]3(C)O2)cc1. The summed E-state index contributed by atoms with van der Waals surface area (Å²) in [6.45, 7) is 7.03. The molecule has 21 heavy (non-hydrogen) atoms. The molecule has 3 nitrogen and oxygen atoms in total. The van der Waals surface area contributed by atoms with E-state index in [9.17, 15) is 0 Å². The van der Waals surface area contributed by atoms with Gasteiger partial charge in [-0.2, -0.15) is 0 Å². The highest BCUT2D eigenvalue weighted by Crippen LogP contribution is 2.65. The molecule has 1 heterocycles. The Morgan fingerprint density at radius 2 is 1.86 bits per heavy atom. The highest BCUT2D eigenvalue weighted by Gasteiger charge is 2.67. The molecule has 0 unspecified atom stereocenters. The minimum absolute atomic E-state index is 0.136. The van der Waals surface area contributed by atoms with Crippen LogP contribution in [0.15, 0.2) is 24.3 Å². The average molecular weight is 286 g/mol. The van der Waals surface area contributed by atoms with Crippen LogP contribution in [0.3, 0.4) is 0 Å². The van der Waals surface area contributed by atoms with Gasteiger partial charge in [-0.15, -0.1) is 0 Å². The molecule has 3 saturated carbocycles. The van der Waals surface area contributed by atoms with Crippen LogP contribution < -0.4 is 10.2 Å². The van der Waals surface area contributed by atoms with Crippen molar-refractivity contribution in [2.24, 2.45) is 17.3 Å². The van der Waals surface area contributed by atoms with Crippen LogP contribution in [-0.2, 0) is 9.31 Å². The number of rotatable bonds is 2. The maximum Gasteiger partial charge on any atom is 0.494 e. The Morgan fingerprint density at radius 3 is 2.48 bits per heavy atom. The molecule has 1 aromatic carbocycles. The summed E-state index contributed by atoms with van der Waals surface area (Å²) in [7, 11) is 1.45. The molecule has 0 spiro atoms. The van der Waals surface area contributed by atoms with Crippen LogP contribution >= 0.6 is 0 Å². The van der Waals surface area contributed by atoms with Crippen LogP contribution in [-0.4, -0.2) is 25.9 Å². The van der Waals surface area contributed by atoms with E-state index in [2.05, 4.69) is 20.8 Å². The summed E-state index contributed by atoms with van der Waals surface area (Å²) in [4.78, 5) is 0. The van der Waals surface area contributed by atoms with Crippen molar-refractivity contribution >= 4 is 12.6 Å². The van der Waals surface area contributed by atoms with E-state index in [1.165, 1.54) is 6.42 Å². The average Bonchev–Trinajstić information content (AvgIpc) is 2.84. The molecule has 0 aromatic heterocycles. The molecule has 0 radical (unpaired) electrons. The summed E-state index contributed by atoms with van der Waals surface area (Å²) < 4.78 is 17.9. The molecule has 1 aromatic rings. The second kappa shape index (κ2) is 4.27. The van der Waals surface area contributed by atoms with E-state index in [4.69, 9.17) is 14.0 Å². The third-order valence-electron chi connectivity index (χ3n) is 6.34. The summed E-state index contributed by atoms with van der Waals surface area (Å²) >= 11 is 0. The quantitative estimate of drug-likeness (QED) is 0.782. The van der Waals surface area contributed by atoms with Gasteiger partial charge in [0.05, 0.1) is 18.8 Å². The molecule has 4 fully saturated rings. The van der Waals surface area contributed by atoms with Gasteiger partial charge in [0, 0.05) is 0 Å². The van der Waals surface area contributed by atoms with Gasteiger partial charge in [0.15, 0.2) is 0 Å². The van der Waals surface area contributed by atoms with Crippen LogP contribution in [0, 0.1) is 17.3 Å². The van der Waals surface area contributed by atoms with Crippen LogP contribution in [0.1, 0.15) is 33.6 Å². The van der Waals surface area contributed by atoms with Crippen molar-refractivity contribution in [1.29, 1.82) is 0 Å². The standard InChI is InChI=1S/C17H23BO3/c1-16(2)11-9-14(16)17(3)15(10-11)20-18(21-17)12-5-7-13(19-4)8-6-12/h5-8,11,14-15H,9-10H2,1-4H3/t11-,14-,15+,17-/m0/s1. The second-order valence-corrected chi connectivity index (χ2v) is 7.57. The fraction of sp³-hybridized carbons (Fsp3) is 0.647. The molecular formula is C17H23BO3. The first-order chi connectivity index (χ1) is 9.95. The van der Waals surface area contributed by atoms with Crippen molar-refractivity contribution in [3.8, 4) is 5.75 Å². The summed E-state index contributed by atoms with van der Waals surface area (Å²) in [6.07, 6.45) is 2.66. The second-order valence-electron chi connectivity index (χ2n) is 7.57. The van der Waals surface area contributed by atoms with Gasteiger partial charge in [-0.25, -0.2) is 0 Å². The maximum absolute atomic E-state index is 6.44. The van der Waals surface area contributed by atoms with Gasteiger partial charge in [0.25, 0.3) is 0 Å². The van der Waals surface area contributed by atoms with E-state index in [0.717, 1.165) is 23.6 Å². The number of ether oxygens (including phenoxy) is 1. The Kier molecular flexibility index (Phi) is 2.77. The minimum atomic E-state index is -0.235. The van der Waals surface area contributed by atoms with Crippen LogP contribution in [0.2, 0.25) is 0 Å². The third-order valence-corrected chi connectivity index (χ3v) is 6.34. The molecule has 0 amide bonds. The van der Waals surface area contributed by atoms with E-state index in [-0.39, 0.29) is 18.8 Å². The predicted molar refractivity (Wildman–Crippen MR) is 82.7 cm³/mol. The minimum Gasteiger partial charge on any atom is -0.497 e. The molecule has 112 valence electrons. The first kappa shape index (κ1) is 13.7. The van der Waals surface area contributed by atoms with E-state index in [1.807, 2.05) is 24.3 Å². The summed E-state index contributed by atoms with van der Waals surface area (Å²) in [6, 6.07) is 8.02. The van der Waals surface area contributed by atoms with Crippen molar-refractivity contribution in [3.05, 3.63) is 24.3 Å². The highest BCUT2D eigenvalue weighted by atomic mass is 16.7. The van der Waals surface area contributed by atoms with Crippen molar-refractivity contribution in [2.75, 3.05) is 7.11 Å². The highest BCUT2D eigenvalue weighted by molar-refractivity contribution is 6.62. The van der Waals surface area contributed by atoms with E-state index >= 15 is 0 Å². The largest absolute Gasteiger partial charge is 0.497 e. The zero-order valence-corrected chi connectivity index (χ0v) is 13.3. The van der Waals surface area contributed by atoms with E-state index < -0.39 is 0 Å². The smallest absolute Gasteiger partial charge is 0.494 e. The van der Waals surface area contributed by atoms with Gasteiger partial charge < -0.3 is 14.0 Å². The molecule has 4 atom stereocenters. The molecular weight excluding hydrogens is 263 g/mol.